The average molecular weight is 237 g/mol. The fraction of sp³-hybridized carbons (Fsp3) is 0.571. The Morgan fingerprint density at radius 3 is 2.82 bits per heavy atom. The van der Waals surface area contributed by atoms with Crippen LogP contribution < -0.4 is 10.1 Å². The van der Waals surface area contributed by atoms with Crippen LogP contribution in [-0.4, -0.2) is 20.7 Å². The quantitative estimate of drug-likeness (QED) is 0.821. The summed E-state index contributed by atoms with van der Waals surface area (Å²) in [7, 11) is 3.60. The summed E-state index contributed by atoms with van der Waals surface area (Å²) in [6.45, 7) is 0.959. The first kappa shape index (κ1) is 12.4. The van der Waals surface area contributed by atoms with E-state index in [1.165, 1.54) is 18.9 Å². The van der Waals surface area contributed by atoms with Crippen LogP contribution >= 0.6 is 0 Å². The van der Waals surface area contributed by atoms with Crippen molar-refractivity contribution >= 4 is 0 Å². The largest absolute Gasteiger partial charge is 0.496 e. The van der Waals surface area contributed by atoms with Crippen molar-refractivity contribution in [2.75, 3.05) is 20.7 Å². The maximum atomic E-state index is 13.4. The van der Waals surface area contributed by atoms with Gasteiger partial charge in [0.2, 0.25) is 0 Å². The highest BCUT2D eigenvalue weighted by Gasteiger charge is 2.33. The van der Waals surface area contributed by atoms with Gasteiger partial charge in [0, 0.05) is 5.56 Å². The number of nitrogens with one attached hydrogen (secondary N) is 1. The summed E-state index contributed by atoms with van der Waals surface area (Å²) >= 11 is 0. The van der Waals surface area contributed by atoms with Gasteiger partial charge >= 0.3 is 0 Å². The Kier molecular flexibility index (Phi) is 4.00. The smallest absolute Gasteiger partial charge is 0.123 e. The lowest BCUT2D eigenvalue weighted by Crippen LogP contribution is -2.14. The molecule has 0 heterocycles. The molecule has 1 aromatic rings. The summed E-state index contributed by atoms with van der Waals surface area (Å²) in [5.74, 6) is 1.78. The lowest BCUT2D eigenvalue weighted by molar-refractivity contribution is 0.397. The number of methoxy groups -OCH3 is 1. The fourth-order valence-corrected chi connectivity index (χ4v) is 2.44. The second kappa shape index (κ2) is 5.50. The summed E-state index contributed by atoms with van der Waals surface area (Å²) in [6, 6.07) is 4.83. The Labute approximate surface area is 102 Å². The van der Waals surface area contributed by atoms with Crippen molar-refractivity contribution in [3.8, 4) is 5.75 Å². The van der Waals surface area contributed by atoms with Crippen molar-refractivity contribution in [1.82, 2.24) is 5.32 Å². The van der Waals surface area contributed by atoms with Crippen LogP contribution in [0.25, 0.3) is 0 Å². The standard InChI is InChI=1S/C14H20FNO/c1-16-8-7-12(10-3-4-10)13-9-11(15)5-6-14(13)17-2/h5-6,9-10,12,16H,3-4,7-8H2,1-2H3. The Bertz CT molecular complexity index is 376. The van der Waals surface area contributed by atoms with Crippen LogP contribution in [0.15, 0.2) is 18.2 Å². The van der Waals surface area contributed by atoms with Crippen LogP contribution in [0, 0.1) is 11.7 Å². The summed E-state index contributed by atoms with van der Waals surface area (Å²) in [5, 5.41) is 3.17. The molecule has 2 rings (SSSR count). The molecule has 0 bridgehead atoms. The molecule has 0 spiro atoms. The predicted molar refractivity (Wildman–Crippen MR) is 67.0 cm³/mol. The third-order valence-corrected chi connectivity index (χ3v) is 3.49. The number of benzene rings is 1. The second-order valence-electron chi connectivity index (χ2n) is 4.72. The zero-order chi connectivity index (χ0) is 12.3. The summed E-state index contributed by atoms with van der Waals surface area (Å²) in [6.07, 6.45) is 3.56. The van der Waals surface area contributed by atoms with Crippen molar-refractivity contribution in [2.45, 2.75) is 25.2 Å². The van der Waals surface area contributed by atoms with E-state index in [0.29, 0.717) is 11.8 Å². The van der Waals surface area contributed by atoms with Gasteiger partial charge in [0.25, 0.3) is 0 Å². The molecule has 1 aromatic carbocycles. The van der Waals surface area contributed by atoms with Gasteiger partial charge in [0.15, 0.2) is 0 Å². The molecule has 17 heavy (non-hydrogen) atoms. The molecule has 1 fully saturated rings. The van der Waals surface area contributed by atoms with Gasteiger partial charge in [-0.05, 0) is 62.9 Å². The second-order valence-corrected chi connectivity index (χ2v) is 4.72. The van der Waals surface area contributed by atoms with Gasteiger partial charge in [0.05, 0.1) is 7.11 Å². The van der Waals surface area contributed by atoms with Crippen molar-refractivity contribution in [2.24, 2.45) is 5.92 Å². The molecule has 0 aliphatic heterocycles. The molecule has 1 unspecified atom stereocenters. The van der Waals surface area contributed by atoms with Crippen LogP contribution in [0.3, 0.4) is 0 Å². The molecule has 0 aromatic heterocycles. The molecule has 0 amide bonds. The average Bonchev–Trinajstić information content (AvgIpc) is 3.14. The third kappa shape index (κ3) is 2.97. The number of hydrogen-bond donors (Lipinski definition) is 1. The van der Waals surface area contributed by atoms with Crippen LogP contribution in [0.2, 0.25) is 0 Å². The van der Waals surface area contributed by atoms with Gasteiger partial charge in [-0.15, -0.1) is 0 Å². The van der Waals surface area contributed by atoms with Crippen LogP contribution in [0.1, 0.15) is 30.7 Å². The fourth-order valence-electron chi connectivity index (χ4n) is 2.44. The Balaban J connectivity index is 2.23. The Morgan fingerprint density at radius 2 is 2.24 bits per heavy atom. The normalized spacial score (nSPS) is 16.9. The van der Waals surface area contributed by atoms with Gasteiger partial charge in [-0.1, -0.05) is 0 Å². The van der Waals surface area contributed by atoms with E-state index < -0.39 is 0 Å². The van der Waals surface area contributed by atoms with E-state index in [-0.39, 0.29) is 5.82 Å². The van der Waals surface area contributed by atoms with Crippen molar-refractivity contribution in [1.29, 1.82) is 0 Å². The van der Waals surface area contributed by atoms with Gasteiger partial charge in [-0.2, -0.15) is 0 Å². The zero-order valence-corrected chi connectivity index (χ0v) is 10.5. The summed E-state index contributed by atoms with van der Waals surface area (Å²) in [5.41, 5.74) is 1.03. The first-order valence-electron chi connectivity index (χ1n) is 6.24. The number of rotatable bonds is 6. The van der Waals surface area contributed by atoms with Crippen LogP contribution in [0.5, 0.6) is 5.75 Å². The van der Waals surface area contributed by atoms with E-state index in [1.54, 1.807) is 19.2 Å². The monoisotopic (exact) mass is 237 g/mol. The molecule has 1 aliphatic carbocycles. The maximum absolute atomic E-state index is 13.4. The number of ether oxygens (including phenoxy) is 1. The van der Waals surface area contributed by atoms with Crippen molar-refractivity contribution < 1.29 is 9.13 Å². The lowest BCUT2D eigenvalue weighted by atomic mass is 9.90. The van der Waals surface area contributed by atoms with Gasteiger partial charge in [-0.3, -0.25) is 0 Å². The van der Waals surface area contributed by atoms with Crippen LogP contribution in [-0.2, 0) is 0 Å². The van der Waals surface area contributed by atoms with Gasteiger partial charge in [-0.25, -0.2) is 4.39 Å². The molecule has 1 aliphatic rings. The number of halogens is 1. The molecule has 1 N–H and O–H groups in total. The van der Waals surface area contributed by atoms with E-state index in [0.717, 1.165) is 24.3 Å². The first-order valence-corrected chi connectivity index (χ1v) is 6.24. The molecule has 1 saturated carbocycles. The predicted octanol–water partition coefficient (Wildman–Crippen LogP) is 2.94. The summed E-state index contributed by atoms with van der Waals surface area (Å²) in [4.78, 5) is 0. The maximum Gasteiger partial charge on any atom is 0.123 e. The van der Waals surface area contributed by atoms with E-state index in [4.69, 9.17) is 4.74 Å². The van der Waals surface area contributed by atoms with E-state index in [2.05, 4.69) is 5.32 Å². The lowest BCUT2D eigenvalue weighted by Gasteiger charge is -2.19. The van der Waals surface area contributed by atoms with Gasteiger partial charge in [0.1, 0.15) is 11.6 Å². The van der Waals surface area contributed by atoms with Gasteiger partial charge < -0.3 is 10.1 Å². The third-order valence-electron chi connectivity index (χ3n) is 3.49. The molecule has 94 valence electrons. The molecular formula is C14H20FNO. The molecule has 2 nitrogen and oxygen atoms in total. The minimum Gasteiger partial charge on any atom is -0.496 e. The SMILES string of the molecule is CNCCC(c1cc(F)ccc1OC)C1CC1. The highest BCUT2D eigenvalue weighted by Crippen LogP contribution is 2.46. The molecule has 3 heteroatoms. The molecule has 0 saturated heterocycles. The highest BCUT2D eigenvalue weighted by molar-refractivity contribution is 5.38. The van der Waals surface area contributed by atoms with E-state index >= 15 is 0 Å². The highest BCUT2D eigenvalue weighted by atomic mass is 19.1. The molecule has 1 atom stereocenters. The molecule has 0 radical (unpaired) electrons. The van der Waals surface area contributed by atoms with Crippen molar-refractivity contribution in [3.63, 3.8) is 0 Å². The molecular weight excluding hydrogens is 217 g/mol. The first-order chi connectivity index (χ1) is 8.26. The number of hydrogen-bond acceptors (Lipinski definition) is 2. The minimum atomic E-state index is -0.170. The Morgan fingerprint density at radius 1 is 1.47 bits per heavy atom. The zero-order valence-electron chi connectivity index (χ0n) is 10.5. The van der Waals surface area contributed by atoms with Crippen molar-refractivity contribution in [3.05, 3.63) is 29.6 Å². The van der Waals surface area contributed by atoms with E-state index in [9.17, 15) is 4.39 Å². The topological polar surface area (TPSA) is 21.3 Å². The Hall–Kier alpha value is -1.09. The van der Waals surface area contributed by atoms with Crippen LogP contribution in [0.4, 0.5) is 4.39 Å². The summed E-state index contributed by atoms with van der Waals surface area (Å²) < 4.78 is 18.7. The van der Waals surface area contributed by atoms with E-state index in [1.807, 2.05) is 7.05 Å². The minimum absolute atomic E-state index is 0.170.